The summed E-state index contributed by atoms with van der Waals surface area (Å²) >= 11 is 3.46. The number of benzene rings is 1. The summed E-state index contributed by atoms with van der Waals surface area (Å²) in [5.41, 5.74) is 2.01. The van der Waals surface area contributed by atoms with E-state index < -0.39 is 0 Å². The Balaban J connectivity index is 1.53. The lowest BCUT2D eigenvalue weighted by molar-refractivity contribution is -0.0969. The normalized spacial score (nSPS) is 21.3. The van der Waals surface area contributed by atoms with Gasteiger partial charge in [-0.3, -0.25) is 4.79 Å². The zero-order valence-corrected chi connectivity index (χ0v) is 16.2. The van der Waals surface area contributed by atoms with E-state index in [9.17, 15) is 4.79 Å². The Morgan fingerprint density at radius 3 is 2.88 bits per heavy atom. The van der Waals surface area contributed by atoms with Crippen molar-refractivity contribution in [3.05, 3.63) is 40.1 Å². The Kier molecular flexibility index (Phi) is 5.06. The third kappa shape index (κ3) is 3.41. The fourth-order valence-electron chi connectivity index (χ4n) is 3.60. The first-order chi connectivity index (χ1) is 12.6. The van der Waals surface area contributed by atoms with Gasteiger partial charge in [-0.1, -0.05) is 27.2 Å². The van der Waals surface area contributed by atoms with Crippen LogP contribution in [0.3, 0.4) is 0 Å². The molecule has 26 heavy (non-hydrogen) atoms. The monoisotopic (exact) mass is 420 g/mol. The second-order valence-corrected chi connectivity index (χ2v) is 7.59. The van der Waals surface area contributed by atoms with Gasteiger partial charge in [0.2, 0.25) is 0 Å². The van der Waals surface area contributed by atoms with Crippen LogP contribution in [-0.4, -0.2) is 58.4 Å². The van der Waals surface area contributed by atoms with Crippen LogP contribution in [0.2, 0.25) is 0 Å². The summed E-state index contributed by atoms with van der Waals surface area (Å²) in [5.74, 6) is 0.141. The van der Waals surface area contributed by atoms with Crippen molar-refractivity contribution in [1.29, 1.82) is 0 Å². The van der Waals surface area contributed by atoms with Crippen molar-refractivity contribution in [2.24, 2.45) is 5.92 Å². The topological polar surface area (TPSA) is 69.5 Å². The predicted molar refractivity (Wildman–Crippen MR) is 98.1 cm³/mol. The number of ether oxygens (including phenoxy) is 2. The molecule has 1 aromatic heterocycles. The van der Waals surface area contributed by atoms with Crippen molar-refractivity contribution in [1.82, 2.24) is 19.9 Å². The smallest absolute Gasteiger partial charge is 0.276 e. The van der Waals surface area contributed by atoms with Gasteiger partial charge in [0.15, 0.2) is 12.0 Å². The second kappa shape index (κ2) is 7.46. The van der Waals surface area contributed by atoms with Crippen molar-refractivity contribution in [3.8, 4) is 5.69 Å². The zero-order chi connectivity index (χ0) is 18.1. The summed E-state index contributed by atoms with van der Waals surface area (Å²) in [6.07, 6.45) is 1.76. The lowest BCUT2D eigenvalue weighted by Gasteiger charge is -2.34. The van der Waals surface area contributed by atoms with E-state index in [1.54, 1.807) is 4.68 Å². The first-order valence-electron chi connectivity index (χ1n) is 8.84. The Morgan fingerprint density at radius 1 is 1.31 bits per heavy atom. The predicted octanol–water partition coefficient (Wildman–Crippen LogP) is 2.56. The van der Waals surface area contributed by atoms with Crippen LogP contribution >= 0.6 is 15.9 Å². The molecule has 0 radical (unpaired) electrons. The van der Waals surface area contributed by atoms with Gasteiger partial charge in [-0.05, 0) is 38.0 Å². The zero-order valence-electron chi connectivity index (χ0n) is 14.6. The van der Waals surface area contributed by atoms with Crippen LogP contribution in [0.25, 0.3) is 5.69 Å². The first-order valence-corrected chi connectivity index (χ1v) is 9.63. The number of hydrogen-bond donors (Lipinski definition) is 0. The van der Waals surface area contributed by atoms with Crippen molar-refractivity contribution >= 4 is 21.8 Å². The highest BCUT2D eigenvalue weighted by Crippen LogP contribution is 2.26. The molecule has 2 aliphatic heterocycles. The number of hydrogen-bond acceptors (Lipinski definition) is 5. The van der Waals surface area contributed by atoms with Gasteiger partial charge in [-0.15, -0.1) is 5.10 Å². The number of amides is 1. The minimum absolute atomic E-state index is 0.0774. The van der Waals surface area contributed by atoms with Gasteiger partial charge in [0, 0.05) is 23.5 Å². The van der Waals surface area contributed by atoms with E-state index in [1.165, 1.54) is 0 Å². The maximum atomic E-state index is 13.0. The first kappa shape index (κ1) is 17.6. The third-order valence-corrected chi connectivity index (χ3v) is 5.42. The van der Waals surface area contributed by atoms with Gasteiger partial charge < -0.3 is 14.4 Å². The van der Waals surface area contributed by atoms with Crippen molar-refractivity contribution in [3.63, 3.8) is 0 Å². The van der Waals surface area contributed by atoms with Crippen molar-refractivity contribution < 1.29 is 14.3 Å². The quantitative estimate of drug-likeness (QED) is 0.762. The molecule has 2 fully saturated rings. The molecule has 1 aromatic carbocycles. The average molecular weight is 421 g/mol. The molecular weight excluding hydrogens is 400 g/mol. The van der Waals surface area contributed by atoms with E-state index in [1.807, 2.05) is 36.1 Å². The molecule has 8 heteroatoms. The number of aromatic nitrogens is 3. The van der Waals surface area contributed by atoms with E-state index in [2.05, 4.69) is 26.2 Å². The van der Waals surface area contributed by atoms with E-state index in [0.717, 1.165) is 35.2 Å². The molecule has 1 amide bonds. The molecule has 0 spiro atoms. The number of rotatable bonds is 3. The van der Waals surface area contributed by atoms with Crippen LogP contribution in [-0.2, 0) is 9.47 Å². The maximum absolute atomic E-state index is 13.0. The SMILES string of the molecule is Cc1c(C(=O)N2CCCC(C3OCCO3)C2)nnn1-c1cccc(Br)c1. The van der Waals surface area contributed by atoms with Gasteiger partial charge in [0.25, 0.3) is 5.91 Å². The van der Waals surface area contributed by atoms with E-state index in [0.29, 0.717) is 25.5 Å². The Labute approximate surface area is 160 Å². The molecule has 3 heterocycles. The van der Waals surface area contributed by atoms with Crippen LogP contribution in [0.4, 0.5) is 0 Å². The number of piperidine rings is 1. The van der Waals surface area contributed by atoms with Crippen LogP contribution in [0.5, 0.6) is 0 Å². The van der Waals surface area contributed by atoms with Crippen LogP contribution in [0.1, 0.15) is 29.0 Å². The molecule has 0 bridgehead atoms. The molecule has 1 atom stereocenters. The van der Waals surface area contributed by atoms with Crippen molar-refractivity contribution in [2.45, 2.75) is 26.1 Å². The second-order valence-electron chi connectivity index (χ2n) is 6.68. The Morgan fingerprint density at radius 2 is 2.12 bits per heavy atom. The van der Waals surface area contributed by atoms with Crippen LogP contribution in [0.15, 0.2) is 28.7 Å². The molecule has 138 valence electrons. The number of halogens is 1. The summed E-state index contributed by atoms with van der Waals surface area (Å²) in [6.45, 7) is 4.50. The fraction of sp³-hybridized carbons (Fsp3) is 0.500. The molecule has 0 N–H and O–H groups in total. The van der Waals surface area contributed by atoms with Gasteiger partial charge >= 0.3 is 0 Å². The molecule has 0 aliphatic carbocycles. The van der Waals surface area contributed by atoms with Gasteiger partial charge in [-0.2, -0.15) is 0 Å². The summed E-state index contributed by atoms with van der Waals surface area (Å²) in [5, 5.41) is 8.35. The molecule has 2 aromatic rings. The Bertz CT molecular complexity index is 803. The van der Waals surface area contributed by atoms with E-state index in [-0.39, 0.29) is 18.1 Å². The van der Waals surface area contributed by atoms with Crippen LogP contribution < -0.4 is 0 Å². The largest absolute Gasteiger partial charge is 0.350 e. The van der Waals surface area contributed by atoms with E-state index in [4.69, 9.17) is 9.47 Å². The van der Waals surface area contributed by atoms with Gasteiger partial charge in [0.05, 0.1) is 24.6 Å². The average Bonchev–Trinajstić information content (AvgIpc) is 3.31. The molecular formula is C18H21BrN4O3. The summed E-state index contributed by atoms with van der Waals surface area (Å²) in [7, 11) is 0. The third-order valence-electron chi connectivity index (χ3n) is 4.93. The van der Waals surface area contributed by atoms with E-state index >= 15 is 0 Å². The lowest BCUT2D eigenvalue weighted by atomic mass is 9.97. The summed E-state index contributed by atoms with van der Waals surface area (Å²) in [6, 6.07) is 7.76. The van der Waals surface area contributed by atoms with Crippen LogP contribution in [0, 0.1) is 12.8 Å². The van der Waals surface area contributed by atoms with Gasteiger partial charge in [-0.25, -0.2) is 4.68 Å². The molecule has 1 unspecified atom stereocenters. The number of carbonyl (C=O) groups excluding carboxylic acids is 1. The standard InChI is InChI=1S/C18H21BrN4O3/c1-12-16(20-21-23(12)15-6-2-5-14(19)10-15)17(24)22-7-3-4-13(11-22)18-25-8-9-26-18/h2,5-6,10,13,18H,3-4,7-9,11H2,1H3. The summed E-state index contributed by atoms with van der Waals surface area (Å²) < 4.78 is 13.9. The molecule has 7 nitrogen and oxygen atoms in total. The lowest BCUT2D eigenvalue weighted by Crippen LogP contribution is -2.44. The minimum atomic E-state index is -0.191. The highest BCUT2D eigenvalue weighted by atomic mass is 79.9. The summed E-state index contributed by atoms with van der Waals surface area (Å²) in [4.78, 5) is 14.9. The molecule has 4 rings (SSSR count). The molecule has 0 saturated carbocycles. The van der Waals surface area contributed by atoms with Gasteiger partial charge in [0.1, 0.15) is 0 Å². The Hall–Kier alpha value is -1.77. The number of likely N-dealkylation sites (tertiary alicyclic amines) is 1. The maximum Gasteiger partial charge on any atom is 0.276 e. The molecule has 2 saturated heterocycles. The number of carbonyl (C=O) groups is 1. The highest BCUT2D eigenvalue weighted by molar-refractivity contribution is 9.10. The highest BCUT2D eigenvalue weighted by Gasteiger charge is 2.34. The van der Waals surface area contributed by atoms with Crippen molar-refractivity contribution in [2.75, 3.05) is 26.3 Å². The molecule has 2 aliphatic rings. The fourth-order valence-corrected chi connectivity index (χ4v) is 3.98. The minimum Gasteiger partial charge on any atom is -0.350 e. The number of nitrogens with zero attached hydrogens (tertiary/aromatic N) is 4.